The average molecular weight is 404 g/mol. The molecule has 0 radical (unpaired) electrons. The maximum absolute atomic E-state index is 12.3. The van der Waals surface area contributed by atoms with Crippen LogP contribution in [-0.4, -0.2) is 36.1 Å². The Morgan fingerprint density at radius 2 is 1.95 bits per heavy atom. The highest BCUT2D eigenvalue weighted by atomic mass is 79.9. The molecule has 0 unspecified atom stereocenters. The van der Waals surface area contributed by atoms with E-state index in [4.69, 9.17) is 9.47 Å². The second-order valence-electron chi connectivity index (χ2n) is 3.96. The van der Waals surface area contributed by atoms with Gasteiger partial charge in [0.1, 0.15) is 16.0 Å². The van der Waals surface area contributed by atoms with Gasteiger partial charge in [0.25, 0.3) is 5.91 Å². The van der Waals surface area contributed by atoms with Crippen LogP contribution in [0.15, 0.2) is 20.9 Å². The van der Waals surface area contributed by atoms with Gasteiger partial charge in [-0.05, 0) is 33.8 Å². The first kappa shape index (κ1) is 17.0. The molecule has 1 aromatic carbocycles. The zero-order valence-electron chi connectivity index (χ0n) is 12.2. The predicted octanol–water partition coefficient (Wildman–Crippen LogP) is 3.68. The summed E-state index contributed by atoms with van der Waals surface area (Å²) in [5.74, 6) is 1.64. The van der Waals surface area contributed by atoms with E-state index >= 15 is 0 Å². The Kier molecular flexibility index (Phi) is 6.04. The summed E-state index contributed by atoms with van der Waals surface area (Å²) in [4.78, 5) is 12.3. The molecular weight excluding hydrogens is 390 g/mol. The molecule has 0 spiro atoms. The van der Waals surface area contributed by atoms with Gasteiger partial charge in [-0.3, -0.25) is 10.1 Å². The number of benzene rings is 1. The molecule has 0 saturated heterocycles. The predicted molar refractivity (Wildman–Crippen MR) is 91.5 cm³/mol. The summed E-state index contributed by atoms with van der Waals surface area (Å²) in [7, 11) is 3.06. The third-order valence-electron chi connectivity index (χ3n) is 2.60. The van der Waals surface area contributed by atoms with Gasteiger partial charge < -0.3 is 9.47 Å². The summed E-state index contributed by atoms with van der Waals surface area (Å²) in [6, 6.07) is 3.26. The second-order valence-corrected chi connectivity index (χ2v) is 7.24. The van der Waals surface area contributed by atoms with E-state index in [-0.39, 0.29) is 5.91 Å². The van der Waals surface area contributed by atoms with Crippen molar-refractivity contribution >= 4 is 50.1 Å². The number of anilines is 1. The number of methoxy groups -OCH3 is 2. The Balaban J connectivity index is 2.21. The number of amides is 1. The van der Waals surface area contributed by atoms with E-state index in [2.05, 4.69) is 31.4 Å². The molecule has 6 nitrogen and oxygen atoms in total. The Hall–Kier alpha value is -1.32. The Morgan fingerprint density at radius 1 is 1.32 bits per heavy atom. The van der Waals surface area contributed by atoms with Crippen LogP contribution in [0.2, 0.25) is 0 Å². The molecule has 0 saturated carbocycles. The van der Waals surface area contributed by atoms with Crippen LogP contribution in [0.1, 0.15) is 17.3 Å². The topological polar surface area (TPSA) is 73.3 Å². The fraction of sp³-hybridized carbons (Fsp3) is 0.308. The SMILES string of the molecule is CCSc1nnc(NC(=O)c2cc(OC)c(Br)c(OC)c2)s1. The van der Waals surface area contributed by atoms with Gasteiger partial charge in [-0.2, -0.15) is 0 Å². The molecule has 22 heavy (non-hydrogen) atoms. The summed E-state index contributed by atoms with van der Waals surface area (Å²) in [5.41, 5.74) is 0.414. The van der Waals surface area contributed by atoms with Crippen molar-refractivity contribution in [2.45, 2.75) is 11.3 Å². The molecule has 1 N–H and O–H groups in total. The van der Waals surface area contributed by atoms with E-state index in [1.807, 2.05) is 6.92 Å². The minimum Gasteiger partial charge on any atom is -0.495 e. The minimum absolute atomic E-state index is 0.298. The summed E-state index contributed by atoms with van der Waals surface area (Å²) in [5, 5.41) is 11.1. The minimum atomic E-state index is -0.298. The molecule has 118 valence electrons. The van der Waals surface area contributed by atoms with Crippen molar-refractivity contribution < 1.29 is 14.3 Å². The summed E-state index contributed by atoms with van der Waals surface area (Å²) in [6.07, 6.45) is 0. The first-order valence-electron chi connectivity index (χ1n) is 6.28. The highest BCUT2D eigenvalue weighted by Gasteiger charge is 2.16. The van der Waals surface area contributed by atoms with E-state index < -0.39 is 0 Å². The van der Waals surface area contributed by atoms with Crippen molar-refractivity contribution in [2.75, 3.05) is 25.3 Å². The van der Waals surface area contributed by atoms with Gasteiger partial charge in [0.2, 0.25) is 5.13 Å². The quantitative estimate of drug-likeness (QED) is 0.585. The van der Waals surface area contributed by atoms with Crippen LogP contribution in [0, 0.1) is 0 Å². The van der Waals surface area contributed by atoms with Crippen LogP contribution in [0.5, 0.6) is 11.5 Å². The van der Waals surface area contributed by atoms with Crippen molar-refractivity contribution in [1.82, 2.24) is 10.2 Å². The third kappa shape index (κ3) is 3.90. The smallest absolute Gasteiger partial charge is 0.257 e. The molecule has 1 heterocycles. The van der Waals surface area contributed by atoms with Crippen LogP contribution in [-0.2, 0) is 0 Å². The van der Waals surface area contributed by atoms with E-state index in [0.717, 1.165) is 10.1 Å². The Bertz CT molecular complexity index is 653. The summed E-state index contributed by atoms with van der Waals surface area (Å²) in [6.45, 7) is 2.03. The fourth-order valence-corrected chi connectivity index (χ4v) is 3.81. The number of nitrogens with zero attached hydrogens (tertiary/aromatic N) is 2. The number of rotatable bonds is 6. The number of nitrogens with one attached hydrogen (secondary N) is 1. The molecular formula is C13H14BrN3O3S2. The first-order chi connectivity index (χ1) is 10.6. The van der Waals surface area contributed by atoms with Gasteiger partial charge in [-0.25, -0.2) is 0 Å². The number of carbonyl (C=O) groups excluding carboxylic acids is 1. The molecule has 0 fully saturated rings. The van der Waals surface area contributed by atoms with Gasteiger partial charge in [-0.15, -0.1) is 10.2 Å². The molecule has 2 rings (SSSR count). The van der Waals surface area contributed by atoms with Crippen LogP contribution in [0.25, 0.3) is 0 Å². The fourth-order valence-electron chi connectivity index (χ4n) is 1.61. The maximum atomic E-state index is 12.3. The van der Waals surface area contributed by atoms with Crippen molar-refractivity contribution in [2.24, 2.45) is 0 Å². The maximum Gasteiger partial charge on any atom is 0.257 e. The average Bonchev–Trinajstić information content (AvgIpc) is 2.95. The van der Waals surface area contributed by atoms with E-state index in [0.29, 0.717) is 26.7 Å². The summed E-state index contributed by atoms with van der Waals surface area (Å²) >= 11 is 6.29. The third-order valence-corrected chi connectivity index (χ3v) is 5.24. The number of ether oxygens (including phenoxy) is 2. The lowest BCUT2D eigenvalue weighted by Crippen LogP contribution is -2.12. The van der Waals surface area contributed by atoms with E-state index in [1.165, 1.54) is 25.6 Å². The molecule has 0 aliphatic heterocycles. The molecule has 1 amide bonds. The number of halogens is 1. The van der Waals surface area contributed by atoms with Crippen LogP contribution in [0.4, 0.5) is 5.13 Å². The largest absolute Gasteiger partial charge is 0.495 e. The number of hydrogen-bond acceptors (Lipinski definition) is 7. The zero-order valence-corrected chi connectivity index (χ0v) is 15.4. The van der Waals surface area contributed by atoms with Crippen LogP contribution in [0.3, 0.4) is 0 Å². The van der Waals surface area contributed by atoms with Gasteiger partial charge in [0.15, 0.2) is 4.34 Å². The lowest BCUT2D eigenvalue weighted by atomic mass is 10.2. The molecule has 0 aliphatic rings. The van der Waals surface area contributed by atoms with Crippen LogP contribution < -0.4 is 14.8 Å². The Morgan fingerprint density at radius 3 is 2.50 bits per heavy atom. The number of thioether (sulfide) groups is 1. The number of hydrogen-bond donors (Lipinski definition) is 1. The lowest BCUT2D eigenvalue weighted by Gasteiger charge is -2.10. The monoisotopic (exact) mass is 403 g/mol. The molecule has 0 aliphatic carbocycles. The van der Waals surface area contributed by atoms with Crippen molar-refractivity contribution in [3.63, 3.8) is 0 Å². The zero-order chi connectivity index (χ0) is 16.1. The molecule has 9 heteroatoms. The number of aromatic nitrogens is 2. The molecule has 0 bridgehead atoms. The molecule has 1 aromatic heterocycles. The highest BCUT2D eigenvalue weighted by Crippen LogP contribution is 2.36. The molecule has 2 aromatic rings. The number of carbonyl (C=O) groups is 1. The van der Waals surface area contributed by atoms with Crippen molar-refractivity contribution in [3.8, 4) is 11.5 Å². The van der Waals surface area contributed by atoms with E-state index in [9.17, 15) is 4.79 Å². The lowest BCUT2D eigenvalue weighted by molar-refractivity contribution is 0.102. The van der Waals surface area contributed by atoms with Crippen molar-refractivity contribution in [3.05, 3.63) is 22.2 Å². The van der Waals surface area contributed by atoms with Gasteiger partial charge >= 0.3 is 0 Å². The van der Waals surface area contributed by atoms with Gasteiger partial charge in [0, 0.05) is 5.56 Å². The van der Waals surface area contributed by atoms with Crippen LogP contribution >= 0.6 is 39.0 Å². The van der Waals surface area contributed by atoms with Gasteiger partial charge in [0.05, 0.1) is 14.2 Å². The highest BCUT2D eigenvalue weighted by molar-refractivity contribution is 9.10. The standard InChI is InChI=1S/C13H14BrN3O3S2/c1-4-21-13-17-16-12(22-13)15-11(18)7-5-8(19-2)10(14)9(6-7)20-3/h5-6H,4H2,1-3H3,(H,15,16,18). The first-order valence-corrected chi connectivity index (χ1v) is 8.87. The van der Waals surface area contributed by atoms with Gasteiger partial charge in [-0.1, -0.05) is 30.0 Å². The normalized spacial score (nSPS) is 10.4. The summed E-state index contributed by atoms with van der Waals surface area (Å²) < 4.78 is 11.9. The second kappa shape index (κ2) is 7.80. The molecule has 0 atom stereocenters. The van der Waals surface area contributed by atoms with E-state index in [1.54, 1.807) is 23.9 Å². The Labute approximate surface area is 144 Å². The van der Waals surface area contributed by atoms with Crippen molar-refractivity contribution in [1.29, 1.82) is 0 Å².